The predicted molar refractivity (Wildman–Crippen MR) is 70.9 cm³/mol. The highest BCUT2D eigenvalue weighted by molar-refractivity contribution is 5.81. The molecule has 0 aliphatic carbocycles. The van der Waals surface area contributed by atoms with Gasteiger partial charge in [0.05, 0.1) is 12.3 Å². The molecule has 102 valence electrons. The fraction of sp³-hybridized carbons (Fsp3) is 0.462. The summed E-state index contributed by atoms with van der Waals surface area (Å²) < 4.78 is 0. The summed E-state index contributed by atoms with van der Waals surface area (Å²) in [6, 6.07) is 3.46. The van der Waals surface area contributed by atoms with Gasteiger partial charge in [-0.1, -0.05) is 0 Å². The second-order valence-corrected chi connectivity index (χ2v) is 4.85. The smallest absolute Gasteiger partial charge is 0.227 e. The average molecular weight is 262 g/mol. The Hall–Kier alpha value is -2.11. The number of amides is 2. The predicted octanol–water partition coefficient (Wildman–Crippen LogP) is -0.0698. The molecule has 4 N–H and O–H groups in total. The van der Waals surface area contributed by atoms with Crippen LogP contribution in [0.5, 0.6) is 0 Å². The molecule has 1 fully saturated rings. The topological polar surface area (TPSA) is 102 Å². The van der Waals surface area contributed by atoms with Crippen molar-refractivity contribution in [1.29, 1.82) is 0 Å². The van der Waals surface area contributed by atoms with Crippen molar-refractivity contribution >= 4 is 17.6 Å². The first-order chi connectivity index (χ1) is 9.06. The molecule has 1 atom stereocenters. The Morgan fingerprint density at radius 1 is 1.47 bits per heavy atom. The maximum absolute atomic E-state index is 12.2. The van der Waals surface area contributed by atoms with E-state index in [1.165, 1.54) is 0 Å². The summed E-state index contributed by atoms with van der Waals surface area (Å²) >= 11 is 0. The minimum Gasteiger partial charge on any atom is -0.384 e. The Bertz CT molecular complexity index is 489. The normalized spacial score (nSPS) is 19.2. The molecule has 1 saturated heterocycles. The number of hydrogen-bond acceptors (Lipinski definition) is 4. The van der Waals surface area contributed by atoms with Crippen molar-refractivity contribution in [3.05, 3.63) is 23.9 Å². The van der Waals surface area contributed by atoms with E-state index in [9.17, 15) is 9.59 Å². The van der Waals surface area contributed by atoms with Crippen molar-refractivity contribution < 1.29 is 9.59 Å². The molecular formula is C13H18N4O2. The van der Waals surface area contributed by atoms with Crippen LogP contribution in [0.4, 0.5) is 5.82 Å². The summed E-state index contributed by atoms with van der Waals surface area (Å²) in [4.78, 5) is 28.9. The van der Waals surface area contributed by atoms with E-state index in [0.29, 0.717) is 18.9 Å². The zero-order valence-electron chi connectivity index (χ0n) is 10.7. The molecule has 0 spiro atoms. The molecule has 0 aromatic carbocycles. The highest BCUT2D eigenvalue weighted by Gasteiger charge is 2.26. The minimum atomic E-state index is -0.328. The number of nitrogens with zero attached hydrogens (tertiary/aromatic N) is 2. The summed E-state index contributed by atoms with van der Waals surface area (Å²) in [5, 5.41) is 0. The number of carbonyl (C=O) groups is 2. The number of rotatable bonds is 3. The first kappa shape index (κ1) is 13.3. The summed E-state index contributed by atoms with van der Waals surface area (Å²) in [6.45, 7) is 1.11. The zero-order valence-corrected chi connectivity index (χ0v) is 10.7. The van der Waals surface area contributed by atoms with Gasteiger partial charge in [-0.2, -0.15) is 0 Å². The monoisotopic (exact) mass is 262 g/mol. The number of aromatic nitrogens is 1. The molecule has 1 aromatic heterocycles. The molecule has 0 bridgehead atoms. The fourth-order valence-corrected chi connectivity index (χ4v) is 2.33. The quantitative estimate of drug-likeness (QED) is 0.796. The number of nitrogen functional groups attached to an aromatic ring is 1. The molecule has 1 aliphatic rings. The molecule has 2 rings (SSSR count). The molecule has 0 unspecified atom stereocenters. The van der Waals surface area contributed by atoms with Gasteiger partial charge in [-0.25, -0.2) is 4.98 Å². The number of anilines is 1. The van der Waals surface area contributed by atoms with E-state index < -0.39 is 0 Å². The molecule has 6 nitrogen and oxygen atoms in total. The van der Waals surface area contributed by atoms with Gasteiger partial charge in [-0.15, -0.1) is 0 Å². The van der Waals surface area contributed by atoms with Crippen LogP contribution in [0.25, 0.3) is 0 Å². The number of nitrogens with two attached hydrogens (primary N) is 2. The van der Waals surface area contributed by atoms with Crippen LogP contribution < -0.4 is 11.5 Å². The molecule has 6 heteroatoms. The Morgan fingerprint density at radius 3 is 2.95 bits per heavy atom. The second kappa shape index (κ2) is 5.69. The lowest BCUT2D eigenvalue weighted by Crippen LogP contribution is -2.44. The van der Waals surface area contributed by atoms with Gasteiger partial charge in [0.2, 0.25) is 11.8 Å². The Morgan fingerprint density at radius 2 is 2.26 bits per heavy atom. The van der Waals surface area contributed by atoms with Gasteiger partial charge in [-0.3, -0.25) is 9.59 Å². The molecular weight excluding hydrogens is 244 g/mol. The Kier molecular flexibility index (Phi) is 3.99. The van der Waals surface area contributed by atoms with Gasteiger partial charge in [0.25, 0.3) is 0 Å². The lowest BCUT2D eigenvalue weighted by molar-refractivity contribution is -0.134. The number of carbonyl (C=O) groups excluding carboxylic acids is 2. The highest BCUT2D eigenvalue weighted by Crippen LogP contribution is 2.17. The van der Waals surface area contributed by atoms with Crippen molar-refractivity contribution in [2.45, 2.75) is 19.3 Å². The molecule has 2 amide bonds. The summed E-state index contributed by atoms with van der Waals surface area (Å²) in [7, 11) is 0. The molecule has 2 heterocycles. The van der Waals surface area contributed by atoms with Gasteiger partial charge in [0, 0.05) is 19.3 Å². The summed E-state index contributed by atoms with van der Waals surface area (Å²) in [6.07, 6.45) is 3.44. The first-order valence-electron chi connectivity index (χ1n) is 6.34. The van der Waals surface area contributed by atoms with Crippen molar-refractivity contribution in [1.82, 2.24) is 9.88 Å². The van der Waals surface area contributed by atoms with E-state index in [1.54, 1.807) is 23.2 Å². The standard InChI is InChI=1S/C13H18N4O2/c14-11-6-9(3-4-16-11)7-12(18)17-5-1-2-10(8-17)13(15)19/h3-4,6,10H,1-2,5,7-8H2,(H2,14,16)(H2,15,19)/t10-/m0/s1. The number of pyridine rings is 1. The van der Waals surface area contributed by atoms with Gasteiger partial charge >= 0.3 is 0 Å². The van der Waals surface area contributed by atoms with E-state index >= 15 is 0 Å². The van der Waals surface area contributed by atoms with Crippen LogP contribution in [0.15, 0.2) is 18.3 Å². The SMILES string of the molecule is NC(=O)[C@H]1CCCN(C(=O)Cc2ccnc(N)c2)C1. The molecule has 0 saturated carbocycles. The van der Waals surface area contributed by atoms with Crippen molar-refractivity contribution in [2.75, 3.05) is 18.8 Å². The molecule has 1 aliphatic heterocycles. The lowest BCUT2D eigenvalue weighted by Gasteiger charge is -2.31. The zero-order chi connectivity index (χ0) is 13.8. The van der Waals surface area contributed by atoms with E-state index in [-0.39, 0.29) is 24.2 Å². The summed E-state index contributed by atoms with van der Waals surface area (Å²) in [5.41, 5.74) is 11.7. The van der Waals surface area contributed by atoms with Gasteiger partial charge in [-0.05, 0) is 30.5 Å². The first-order valence-corrected chi connectivity index (χ1v) is 6.34. The third-order valence-corrected chi connectivity index (χ3v) is 3.38. The van der Waals surface area contributed by atoms with Crippen LogP contribution in [-0.4, -0.2) is 34.8 Å². The van der Waals surface area contributed by atoms with Crippen LogP contribution in [0.3, 0.4) is 0 Å². The van der Waals surface area contributed by atoms with Gasteiger partial charge in [0.15, 0.2) is 0 Å². The van der Waals surface area contributed by atoms with Crippen LogP contribution in [0.2, 0.25) is 0 Å². The number of hydrogen-bond donors (Lipinski definition) is 2. The van der Waals surface area contributed by atoms with Crippen LogP contribution in [0, 0.1) is 5.92 Å². The van der Waals surface area contributed by atoms with Crippen molar-refractivity contribution in [3.63, 3.8) is 0 Å². The lowest BCUT2D eigenvalue weighted by atomic mass is 9.97. The van der Waals surface area contributed by atoms with Crippen LogP contribution in [0.1, 0.15) is 18.4 Å². The van der Waals surface area contributed by atoms with E-state index in [0.717, 1.165) is 18.4 Å². The summed E-state index contributed by atoms with van der Waals surface area (Å²) in [5.74, 6) is -0.152. The largest absolute Gasteiger partial charge is 0.384 e. The molecule has 19 heavy (non-hydrogen) atoms. The second-order valence-electron chi connectivity index (χ2n) is 4.85. The Balaban J connectivity index is 1.98. The fourth-order valence-electron chi connectivity index (χ4n) is 2.33. The van der Waals surface area contributed by atoms with E-state index in [2.05, 4.69) is 4.98 Å². The Labute approximate surface area is 111 Å². The molecule has 0 radical (unpaired) electrons. The number of likely N-dealkylation sites (tertiary alicyclic amines) is 1. The maximum Gasteiger partial charge on any atom is 0.227 e. The number of primary amides is 1. The van der Waals surface area contributed by atoms with E-state index in [4.69, 9.17) is 11.5 Å². The van der Waals surface area contributed by atoms with E-state index in [1.807, 2.05) is 0 Å². The maximum atomic E-state index is 12.2. The third-order valence-electron chi connectivity index (χ3n) is 3.38. The average Bonchev–Trinajstić information content (AvgIpc) is 2.39. The van der Waals surface area contributed by atoms with Gasteiger partial charge in [0.1, 0.15) is 5.82 Å². The van der Waals surface area contributed by atoms with Crippen molar-refractivity contribution in [3.8, 4) is 0 Å². The highest BCUT2D eigenvalue weighted by atomic mass is 16.2. The minimum absolute atomic E-state index is 0.00319. The van der Waals surface area contributed by atoms with Crippen LogP contribution >= 0.6 is 0 Å². The number of piperidine rings is 1. The van der Waals surface area contributed by atoms with Crippen molar-refractivity contribution in [2.24, 2.45) is 11.7 Å². The van der Waals surface area contributed by atoms with Gasteiger partial charge < -0.3 is 16.4 Å². The molecule has 1 aromatic rings. The van der Waals surface area contributed by atoms with Crippen LogP contribution in [-0.2, 0) is 16.0 Å². The third kappa shape index (κ3) is 3.43.